The van der Waals surface area contributed by atoms with Crippen LogP contribution in [-0.4, -0.2) is 25.1 Å². The molecule has 0 saturated carbocycles. The summed E-state index contributed by atoms with van der Waals surface area (Å²) in [5.74, 6) is 1.94. The van der Waals surface area contributed by atoms with Crippen molar-refractivity contribution in [3.8, 4) is 11.5 Å². The van der Waals surface area contributed by atoms with E-state index in [1.165, 1.54) is 6.26 Å². The number of nitrogens with zero attached hydrogens (tertiary/aromatic N) is 1. The monoisotopic (exact) mass is 463 g/mol. The highest BCUT2D eigenvalue weighted by atomic mass is 32.1. The lowest BCUT2D eigenvalue weighted by atomic mass is 9.99. The zero-order valence-electron chi connectivity index (χ0n) is 18.6. The number of carbonyl (C=O) groups is 1. The Kier molecular flexibility index (Phi) is 6.95. The number of ether oxygens (including phenoxy) is 2. The number of aromatic nitrogens is 1. The van der Waals surface area contributed by atoms with Crippen molar-refractivity contribution in [2.45, 2.75) is 19.4 Å². The van der Waals surface area contributed by atoms with Crippen molar-refractivity contribution < 1.29 is 18.7 Å². The van der Waals surface area contributed by atoms with Gasteiger partial charge in [0.1, 0.15) is 10.8 Å². The van der Waals surface area contributed by atoms with Crippen LogP contribution in [0.15, 0.2) is 71.5 Å². The zero-order chi connectivity index (χ0) is 23.2. The molecule has 0 aliphatic carbocycles. The Bertz CT molecular complexity index is 1210. The molecule has 7 nitrogen and oxygen atoms in total. The van der Waals surface area contributed by atoms with E-state index in [1.54, 1.807) is 43.9 Å². The van der Waals surface area contributed by atoms with Gasteiger partial charge in [-0.3, -0.25) is 4.79 Å². The van der Waals surface area contributed by atoms with E-state index in [1.807, 2.05) is 36.4 Å². The van der Waals surface area contributed by atoms with Crippen molar-refractivity contribution in [1.29, 1.82) is 0 Å². The van der Waals surface area contributed by atoms with E-state index in [-0.39, 0.29) is 17.7 Å². The number of hydrogen-bond acceptors (Lipinski definition) is 7. The van der Waals surface area contributed by atoms with Crippen LogP contribution in [0, 0.1) is 0 Å². The summed E-state index contributed by atoms with van der Waals surface area (Å²) in [5, 5.41) is 7.28. The van der Waals surface area contributed by atoms with Crippen LogP contribution in [-0.2, 0) is 6.42 Å². The number of carbonyl (C=O) groups excluding carboxylic acids is 1. The van der Waals surface area contributed by atoms with Crippen LogP contribution < -0.4 is 20.1 Å². The molecule has 1 amide bonds. The standard InChI is InChI=1S/C25H25N3O4S/c1-4-17-15-18(25(33-17)28-24(29)20-8-7-13-32-20)23(27-22-9-5-6-12-26-22)16-10-11-19(30-2)21(14-16)31-3/h5-15,23H,4H2,1-3H3,(H,26,27)(H,28,29)/t23-/m0/s1. The second-order valence-corrected chi connectivity index (χ2v) is 8.33. The summed E-state index contributed by atoms with van der Waals surface area (Å²) in [6, 6.07) is 16.6. The average Bonchev–Trinajstić information content (AvgIpc) is 3.53. The number of anilines is 2. The molecule has 1 atom stereocenters. The number of furan rings is 1. The Labute approximate surface area is 196 Å². The molecule has 4 aromatic rings. The van der Waals surface area contributed by atoms with Gasteiger partial charge in [0.2, 0.25) is 0 Å². The molecule has 0 aliphatic heterocycles. The highest BCUT2D eigenvalue weighted by Crippen LogP contribution is 2.40. The van der Waals surface area contributed by atoms with Gasteiger partial charge in [-0.1, -0.05) is 19.1 Å². The summed E-state index contributed by atoms with van der Waals surface area (Å²) in [6.07, 6.45) is 4.06. The van der Waals surface area contributed by atoms with Gasteiger partial charge >= 0.3 is 0 Å². The van der Waals surface area contributed by atoms with Crippen molar-refractivity contribution in [2.24, 2.45) is 0 Å². The fraction of sp³-hybridized carbons (Fsp3) is 0.200. The minimum Gasteiger partial charge on any atom is -0.493 e. The van der Waals surface area contributed by atoms with Crippen LogP contribution in [0.4, 0.5) is 10.8 Å². The Morgan fingerprint density at radius 1 is 1.09 bits per heavy atom. The first-order chi connectivity index (χ1) is 16.1. The van der Waals surface area contributed by atoms with Gasteiger partial charge in [0.05, 0.1) is 26.5 Å². The van der Waals surface area contributed by atoms with Crippen molar-refractivity contribution >= 4 is 28.1 Å². The number of rotatable bonds is 9. The smallest absolute Gasteiger partial charge is 0.291 e. The third-order valence-electron chi connectivity index (χ3n) is 5.14. The van der Waals surface area contributed by atoms with E-state index in [0.717, 1.165) is 27.4 Å². The predicted molar refractivity (Wildman–Crippen MR) is 130 cm³/mol. The summed E-state index contributed by atoms with van der Waals surface area (Å²) in [4.78, 5) is 18.3. The van der Waals surface area contributed by atoms with Crippen molar-refractivity contribution in [3.63, 3.8) is 0 Å². The number of benzene rings is 1. The molecule has 0 bridgehead atoms. The van der Waals surface area contributed by atoms with Crippen molar-refractivity contribution in [2.75, 3.05) is 24.9 Å². The lowest BCUT2D eigenvalue weighted by molar-refractivity contribution is 0.0997. The SMILES string of the molecule is CCc1cc([C@@H](Nc2ccccn2)c2ccc(OC)c(OC)c2)c(NC(=O)c2ccco2)s1. The van der Waals surface area contributed by atoms with Gasteiger partial charge in [0, 0.05) is 16.6 Å². The Hall–Kier alpha value is -3.78. The summed E-state index contributed by atoms with van der Waals surface area (Å²) < 4.78 is 16.2. The van der Waals surface area contributed by atoms with E-state index < -0.39 is 0 Å². The maximum absolute atomic E-state index is 12.8. The first-order valence-corrected chi connectivity index (χ1v) is 11.3. The third kappa shape index (κ3) is 5.01. The Morgan fingerprint density at radius 2 is 1.94 bits per heavy atom. The van der Waals surface area contributed by atoms with Crippen molar-refractivity contribution in [1.82, 2.24) is 4.98 Å². The number of hydrogen-bond donors (Lipinski definition) is 2. The van der Waals surface area contributed by atoms with E-state index in [0.29, 0.717) is 17.3 Å². The molecule has 0 aliphatic rings. The number of amides is 1. The molecule has 33 heavy (non-hydrogen) atoms. The molecule has 1 aromatic carbocycles. The number of nitrogens with one attached hydrogen (secondary N) is 2. The first-order valence-electron chi connectivity index (χ1n) is 10.5. The molecule has 2 N–H and O–H groups in total. The molecule has 8 heteroatoms. The number of methoxy groups -OCH3 is 2. The van der Waals surface area contributed by atoms with E-state index >= 15 is 0 Å². The zero-order valence-corrected chi connectivity index (χ0v) is 19.4. The molecule has 0 fully saturated rings. The molecule has 0 saturated heterocycles. The molecule has 0 unspecified atom stereocenters. The maximum Gasteiger partial charge on any atom is 0.291 e. The van der Waals surface area contributed by atoms with Gasteiger partial charge in [-0.15, -0.1) is 11.3 Å². The molecular formula is C25H25N3O4S. The molecular weight excluding hydrogens is 438 g/mol. The molecule has 170 valence electrons. The minimum absolute atomic E-state index is 0.257. The predicted octanol–water partition coefficient (Wildman–Crippen LogP) is 5.77. The molecule has 4 rings (SSSR count). The molecule has 0 spiro atoms. The van der Waals surface area contributed by atoms with Gasteiger partial charge in [0.15, 0.2) is 17.3 Å². The Balaban J connectivity index is 1.78. The van der Waals surface area contributed by atoms with Gasteiger partial charge in [-0.25, -0.2) is 4.98 Å². The first kappa shape index (κ1) is 22.4. The van der Waals surface area contributed by atoms with Gasteiger partial charge in [-0.05, 0) is 54.4 Å². The normalized spacial score (nSPS) is 11.6. The average molecular weight is 464 g/mol. The van der Waals surface area contributed by atoms with Crippen LogP contribution in [0.1, 0.15) is 39.5 Å². The second-order valence-electron chi connectivity index (χ2n) is 7.19. The highest BCUT2D eigenvalue weighted by molar-refractivity contribution is 7.16. The van der Waals surface area contributed by atoms with Crippen LogP contribution in [0.25, 0.3) is 0 Å². The van der Waals surface area contributed by atoms with Gasteiger partial charge < -0.3 is 24.5 Å². The largest absolute Gasteiger partial charge is 0.493 e. The Morgan fingerprint density at radius 3 is 2.61 bits per heavy atom. The van der Waals surface area contributed by atoms with Crippen LogP contribution >= 0.6 is 11.3 Å². The quantitative estimate of drug-likeness (QED) is 0.328. The van der Waals surface area contributed by atoms with Crippen molar-refractivity contribution in [3.05, 3.63) is 88.8 Å². The maximum atomic E-state index is 12.8. The van der Waals surface area contributed by atoms with E-state index in [9.17, 15) is 4.79 Å². The minimum atomic E-state index is -0.303. The molecule has 3 heterocycles. The fourth-order valence-corrected chi connectivity index (χ4v) is 4.52. The number of pyridine rings is 1. The summed E-state index contributed by atoms with van der Waals surface area (Å²) in [7, 11) is 3.22. The van der Waals surface area contributed by atoms with Crippen LogP contribution in [0.2, 0.25) is 0 Å². The van der Waals surface area contributed by atoms with E-state index in [2.05, 4.69) is 28.6 Å². The second kappa shape index (κ2) is 10.2. The van der Waals surface area contributed by atoms with Crippen LogP contribution in [0.5, 0.6) is 11.5 Å². The van der Waals surface area contributed by atoms with Gasteiger partial charge in [-0.2, -0.15) is 0 Å². The number of aryl methyl sites for hydroxylation is 1. The van der Waals surface area contributed by atoms with Gasteiger partial charge in [0.25, 0.3) is 5.91 Å². The lowest BCUT2D eigenvalue weighted by Crippen LogP contribution is -2.17. The molecule has 0 radical (unpaired) electrons. The highest BCUT2D eigenvalue weighted by Gasteiger charge is 2.24. The number of thiophene rings is 1. The summed E-state index contributed by atoms with van der Waals surface area (Å²) in [6.45, 7) is 2.09. The summed E-state index contributed by atoms with van der Waals surface area (Å²) in [5.41, 5.74) is 1.86. The van der Waals surface area contributed by atoms with E-state index in [4.69, 9.17) is 13.9 Å². The fourth-order valence-electron chi connectivity index (χ4n) is 3.49. The van der Waals surface area contributed by atoms with Crippen LogP contribution in [0.3, 0.4) is 0 Å². The summed E-state index contributed by atoms with van der Waals surface area (Å²) >= 11 is 1.55. The topological polar surface area (TPSA) is 85.6 Å². The molecule has 3 aromatic heterocycles. The third-order valence-corrected chi connectivity index (χ3v) is 6.35. The lowest BCUT2D eigenvalue weighted by Gasteiger charge is -2.22.